The Morgan fingerprint density at radius 1 is 1.50 bits per heavy atom. The van der Waals surface area contributed by atoms with Crippen LogP contribution in [0, 0.1) is 12.7 Å². The van der Waals surface area contributed by atoms with Crippen LogP contribution < -0.4 is 5.32 Å². The molecule has 1 unspecified atom stereocenters. The first-order chi connectivity index (χ1) is 11.5. The fourth-order valence-corrected chi connectivity index (χ4v) is 3.85. The highest BCUT2D eigenvalue weighted by Crippen LogP contribution is 2.29. The fourth-order valence-electron chi connectivity index (χ4n) is 2.76. The number of nitrogens with zero attached hydrogens (tertiary/aromatic N) is 3. The predicted molar refractivity (Wildman–Crippen MR) is 93.4 cm³/mol. The van der Waals surface area contributed by atoms with Crippen molar-refractivity contribution in [2.45, 2.75) is 19.5 Å². The second-order valence-corrected chi connectivity index (χ2v) is 7.12. The van der Waals surface area contributed by atoms with Crippen molar-refractivity contribution in [3.63, 3.8) is 0 Å². The summed E-state index contributed by atoms with van der Waals surface area (Å²) in [7, 11) is 1.87. The average molecular weight is 348 g/mol. The van der Waals surface area contributed by atoms with Crippen LogP contribution in [0.3, 0.4) is 0 Å². The molecule has 1 aromatic carbocycles. The van der Waals surface area contributed by atoms with E-state index in [0.29, 0.717) is 18.7 Å². The van der Waals surface area contributed by atoms with Crippen LogP contribution >= 0.6 is 11.8 Å². The van der Waals surface area contributed by atoms with Crippen molar-refractivity contribution in [2.24, 2.45) is 7.05 Å². The highest BCUT2D eigenvalue weighted by Gasteiger charge is 2.29. The van der Waals surface area contributed by atoms with Crippen molar-refractivity contribution in [3.05, 3.63) is 53.1 Å². The van der Waals surface area contributed by atoms with Crippen LogP contribution in [0.15, 0.2) is 30.6 Å². The van der Waals surface area contributed by atoms with E-state index in [2.05, 4.69) is 10.4 Å². The normalized spacial score (nSPS) is 17.8. The van der Waals surface area contributed by atoms with E-state index < -0.39 is 0 Å². The van der Waals surface area contributed by atoms with E-state index in [4.69, 9.17) is 0 Å². The molecule has 1 aliphatic heterocycles. The molecule has 1 fully saturated rings. The molecule has 1 saturated heterocycles. The number of hydrogen-bond acceptors (Lipinski definition) is 3. The Morgan fingerprint density at radius 3 is 3.04 bits per heavy atom. The molecule has 7 heteroatoms. The van der Waals surface area contributed by atoms with Crippen LogP contribution in [-0.4, -0.2) is 38.8 Å². The number of amides is 2. The first-order valence-corrected chi connectivity index (χ1v) is 9.06. The molecule has 3 rings (SSSR count). The molecule has 2 aromatic rings. The fraction of sp³-hybridized carbons (Fsp3) is 0.412. The van der Waals surface area contributed by atoms with Crippen molar-refractivity contribution in [3.8, 4) is 0 Å². The highest BCUT2D eigenvalue weighted by molar-refractivity contribution is 7.99. The molecule has 24 heavy (non-hydrogen) atoms. The number of carbonyl (C=O) groups excluding carboxylic acids is 1. The van der Waals surface area contributed by atoms with Crippen molar-refractivity contribution in [1.29, 1.82) is 0 Å². The van der Waals surface area contributed by atoms with Crippen LogP contribution in [0.1, 0.15) is 22.7 Å². The van der Waals surface area contributed by atoms with E-state index in [9.17, 15) is 9.18 Å². The Hall–Kier alpha value is -2.02. The zero-order chi connectivity index (χ0) is 17.1. The maximum Gasteiger partial charge on any atom is 0.318 e. The van der Waals surface area contributed by atoms with Crippen LogP contribution in [0.25, 0.3) is 0 Å². The third-order valence-electron chi connectivity index (χ3n) is 4.18. The van der Waals surface area contributed by atoms with Gasteiger partial charge in [-0.15, -0.1) is 0 Å². The summed E-state index contributed by atoms with van der Waals surface area (Å²) in [5.41, 5.74) is 2.41. The molecule has 0 aliphatic carbocycles. The van der Waals surface area contributed by atoms with Gasteiger partial charge in [0.05, 0.1) is 12.2 Å². The second-order valence-electron chi connectivity index (χ2n) is 5.97. The lowest BCUT2D eigenvalue weighted by Crippen LogP contribution is -2.46. The lowest BCUT2D eigenvalue weighted by Gasteiger charge is -2.34. The number of nitrogens with one attached hydrogen (secondary N) is 1. The number of benzene rings is 1. The topological polar surface area (TPSA) is 50.2 Å². The van der Waals surface area contributed by atoms with Crippen molar-refractivity contribution >= 4 is 17.8 Å². The molecule has 128 valence electrons. The molecule has 1 aliphatic rings. The van der Waals surface area contributed by atoms with E-state index in [0.717, 1.165) is 22.6 Å². The predicted octanol–water partition coefficient (Wildman–Crippen LogP) is 2.87. The van der Waals surface area contributed by atoms with E-state index >= 15 is 0 Å². The molecule has 0 radical (unpaired) electrons. The summed E-state index contributed by atoms with van der Waals surface area (Å²) >= 11 is 1.84. The number of rotatable bonds is 3. The van der Waals surface area contributed by atoms with Gasteiger partial charge >= 0.3 is 6.03 Å². The van der Waals surface area contributed by atoms with Gasteiger partial charge < -0.3 is 10.2 Å². The lowest BCUT2D eigenvalue weighted by atomic mass is 10.1. The minimum absolute atomic E-state index is 0.0206. The van der Waals surface area contributed by atoms with Gasteiger partial charge in [-0.25, -0.2) is 9.18 Å². The monoisotopic (exact) mass is 348 g/mol. The minimum Gasteiger partial charge on any atom is -0.334 e. The van der Waals surface area contributed by atoms with Crippen LogP contribution in [0.4, 0.5) is 9.18 Å². The van der Waals surface area contributed by atoms with Crippen molar-refractivity contribution in [1.82, 2.24) is 20.0 Å². The largest absolute Gasteiger partial charge is 0.334 e. The molecule has 2 amide bonds. The van der Waals surface area contributed by atoms with E-state index in [-0.39, 0.29) is 17.9 Å². The average Bonchev–Trinajstić information content (AvgIpc) is 3.02. The Balaban J connectivity index is 1.66. The number of aryl methyl sites for hydroxylation is 2. The van der Waals surface area contributed by atoms with E-state index in [1.807, 2.05) is 42.2 Å². The summed E-state index contributed by atoms with van der Waals surface area (Å²) in [4.78, 5) is 14.4. The molecular formula is C17H21FN4OS. The van der Waals surface area contributed by atoms with E-state index in [1.54, 1.807) is 17.7 Å². The Labute approximate surface area is 145 Å². The van der Waals surface area contributed by atoms with Gasteiger partial charge in [0.2, 0.25) is 0 Å². The van der Waals surface area contributed by atoms with Gasteiger partial charge in [0.15, 0.2) is 0 Å². The first-order valence-electron chi connectivity index (χ1n) is 7.90. The molecule has 2 heterocycles. The van der Waals surface area contributed by atoms with Gasteiger partial charge in [-0.05, 0) is 24.1 Å². The van der Waals surface area contributed by atoms with Gasteiger partial charge in [0.25, 0.3) is 0 Å². The number of carbonyl (C=O) groups is 1. The van der Waals surface area contributed by atoms with E-state index in [1.165, 1.54) is 6.07 Å². The lowest BCUT2D eigenvalue weighted by molar-refractivity contribution is 0.182. The summed E-state index contributed by atoms with van der Waals surface area (Å²) in [6, 6.07) is 4.94. The molecule has 1 aromatic heterocycles. The van der Waals surface area contributed by atoms with Gasteiger partial charge in [0.1, 0.15) is 5.82 Å². The zero-order valence-corrected chi connectivity index (χ0v) is 14.6. The van der Waals surface area contributed by atoms with Crippen LogP contribution in [0.2, 0.25) is 0 Å². The standard InChI is InChI=1S/C17H21FN4OS/c1-12-3-4-13(7-15(12)18)8-19-17(23)22-5-6-24-11-16(22)14-9-20-21(2)10-14/h3-4,7,9-10,16H,5-6,8,11H2,1-2H3,(H,19,23). The smallest absolute Gasteiger partial charge is 0.318 e. The number of urea groups is 1. The summed E-state index contributed by atoms with van der Waals surface area (Å²) in [6.45, 7) is 2.74. The summed E-state index contributed by atoms with van der Waals surface area (Å²) in [6.07, 6.45) is 3.76. The summed E-state index contributed by atoms with van der Waals surface area (Å²) < 4.78 is 15.4. The molecular weight excluding hydrogens is 327 g/mol. The van der Waals surface area contributed by atoms with Gasteiger partial charge in [0, 0.05) is 43.4 Å². The zero-order valence-electron chi connectivity index (χ0n) is 13.8. The van der Waals surface area contributed by atoms with Crippen LogP contribution in [0.5, 0.6) is 0 Å². The van der Waals surface area contributed by atoms with Gasteiger partial charge in [-0.3, -0.25) is 4.68 Å². The Morgan fingerprint density at radius 2 is 2.33 bits per heavy atom. The number of thioether (sulfide) groups is 1. The third kappa shape index (κ3) is 3.72. The number of aromatic nitrogens is 2. The number of halogens is 1. The Bertz CT molecular complexity index is 733. The maximum atomic E-state index is 13.6. The first kappa shape index (κ1) is 16.8. The Kier molecular flexibility index (Phi) is 5.08. The van der Waals surface area contributed by atoms with Crippen LogP contribution in [-0.2, 0) is 13.6 Å². The second kappa shape index (κ2) is 7.25. The molecule has 1 N–H and O–H groups in total. The highest BCUT2D eigenvalue weighted by atomic mass is 32.2. The molecule has 0 spiro atoms. The van der Waals surface area contributed by atoms with Gasteiger partial charge in [-0.2, -0.15) is 16.9 Å². The number of hydrogen-bond donors (Lipinski definition) is 1. The summed E-state index contributed by atoms with van der Waals surface area (Å²) in [5.74, 6) is 1.53. The quantitative estimate of drug-likeness (QED) is 0.928. The molecule has 0 bridgehead atoms. The van der Waals surface area contributed by atoms with Gasteiger partial charge in [-0.1, -0.05) is 12.1 Å². The molecule has 5 nitrogen and oxygen atoms in total. The van der Waals surface area contributed by atoms with Crippen molar-refractivity contribution in [2.75, 3.05) is 18.1 Å². The maximum absolute atomic E-state index is 13.6. The van der Waals surface area contributed by atoms with Crippen molar-refractivity contribution < 1.29 is 9.18 Å². The molecule has 1 atom stereocenters. The summed E-state index contributed by atoms with van der Waals surface area (Å²) in [5, 5.41) is 7.11. The minimum atomic E-state index is -0.246. The SMILES string of the molecule is Cc1ccc(CNC(=O)N2CCSCC2c2cnn(C)c2)cc1F. The third-order valence-corrected chi connectivity index (χ3v) is 5.20. The molecule has 0 saturated carbocycles.